The molecular formula is C29H29N6O4-. The van der Waals surface area contributed by atoms with Gasteiger partial charge < -0.3 is 30.2 Å². The third-order valence-corrected chi connectivity index (χ3v) is 8.72. The normalized spacial score (nSPS) is 23.9. The molecular weight excluding hydrogens is 496 g/mol. The minimum atomic E-state index is -0.412. The molecule has 5 unspecified atom stereocenters. The molecule has 3 N–H and O–H groups in total. The lowest BCUT2D eigenvalue weighted by Gasteiger charge is -2.54. The number of carbonyl (C=O) groups is 1. The molecule has 2 bridgehead atoms. The highest BCUT2D eigenvalue weighted by atomic mass is 16.8. The topological polar surface area (TPSA) is 130 Å². The first-order valence-electron chi connectivity index (χ1n) is 13.4. The van der Waals surface area contributed by atoms with Crippen LogP contribution in [-0.2, 0) is 17.8 Å². The number of aromatic nitrogens is 3. The number of nitrogens with one attached hydrogen (secondary N) is 2. The second-order valence-electron chi connectivity index (χ2n) is 11.0. The van der Waals surface area contributed by atoms with E-state index in [9.17, 15) is 20.0 Å². The van der Waals surface area contributed by atoms with Crippen LogP contribution >= 0.6 is 0 Å². The van der Waals surface area contributed by atoms with Crippen LogP contribution in [0.1, 0.15) is 42.4 Å². The summed E-state index contributed by atoms with van der Waals surface area (Å²) in [5.41, 5.74) is 4.73. The molecule has 39 heavy (non-hydrogen) atoms. The number of aromatic amines is 1. The maximum Gasteiger partial charge on any atom is 0.250 e. The van der Waals surface area contributed by atoms with E-state index in [1.807, 2.05) is 54.0 Å². The highest BCUT2D eigenvalue weighted by molar-refractivity contribution is 5.83. The number of piperidine rings is 1. The summed E-state index contributed by atoms with van der Waals surface area (Å²) < 4.78 is 1.88. The average molecular weight is 526 g/mol. The number of hydrogen-bond donors (Lipinski definition) is 3. The largest absolute Gasteiger partial charge is 0.733 e. The van der Waals surface area contributed by atoms with E-state index in [4.69, 9.17) is 0 Å². The van der Waals surface area contributed by atoms with Crippen LogP contribution < -0.4 is 21.0 Å². The molecule has 4 aromatic rings. The van der Waals surface area contributed by atoms with Gasteiger partial charge in [-0.1, -0.05) is 18.2 Å². The van der Waals surface area contributed by atoms with Gasteiger partial charge in [0.1, 0.15) is 5.82 Å². The van der Waals surface area contributed by atoms with Crippen molar-refractivity contribution in [1.82, 2.24) is 19.9 Å². The van der Waals surface area contributed by atoms with E-state index in [1.54, 1.807) is 18.2 Å². The van der Waals surface area contributed by atoms with Gasteiger partial charge in [-0.25, -0.2) is 4.98 Å². The number of rotatable bonds is 4. The number of para-hydroxylation sites is 2. The van der Waals surface area contributed by atoms with E-state index in [-0.39, 0.29) is 46.3 Å². The Morgan fingerprint density at radius 1 is 1.18 bits per heavy atom. The first-order valence-corrected chi connectivity index (χ1v) is 13.4. The van der Waals surface area contributed by atoms with Gasteiger partial charge in [0.15, 0.2) is 0 Å². The molecule has 10 nitrogen and oxygen atoms in total. The summed E-state index contributed by atoms with van der Waals surface area (Å²) in [5, 5.41) is 24.3. The lowest BCUT2D eigenvalue weighted by molar-refractivity contribution is -0.127. The Labute approximate surface area is 224 Å². The molecule has 1 saturated heterocycles. The molecule has 10 heteroatoms. The lowest BCUT2D eigenvalue weighted by Crippen LogP contribution is -2.61. The number of imidazole rings is 1. The third kappa shape index (κ3) is 3.90. The third-order valence-electron chi connectivity index (χ3n) is 8.72. The van der Waals surface area contributed by atoms with Crippen molar-refractivity contribution >= 4 is 28.3 Å². The van der Waals surface area contributed by atoms with Crippen LogP contribution in [0.15, 0.2) is 65.5 Å². The van der Waals surface area contributed by atoms with Crippen molar-refractivity contribution in [3.8, 4) is 0 Å². The van der Waals surface area contributed by atoms with Crippen molar-refractivity contribution in [3.63, 3.8) is 0 Å². The second-order valence-corrected chi connectivity index (χ2v) is 11.0. The molecule has 5 atom stereocenters. The maximum absolute atomic E-state index is 14.0. The summed E-state index contributed by atoms with van der Waals surface area (Å²) in [4.78, 5) is 37.0. The highest BCUT2D eigenvalue weighted by Gasteiger charge is 2.49. The number of benzene rings is 2. The standard InChI is InChI=1S/C29H29N6O4/c1-16(28-31-22-5-2-3-6-23(22)32-28)30-29(37)21-13-17-12-20(35(38)39)9-10-25(17)34-14-18-11-19(27(21)34)15-33-24(18)7-4-8-26(33)36/h2-10,12,16,18-19,21,27,38H,11,13-15H2,1H3,(H,30,37)(H,31,32)/q-1. The molecule has 0 radical (unpaired) electrons. The number of pyridine rings is 1. The summed E-state index contributed by atoms with van der Waals surface area (Å²) in [6, 6.07) is 17.9. The number of hydrogen-bond acceptors (Lipinski definition) is 7. The van der Waals surface area contributed by atoms with Crippen molar-refractivity contribution < 1.29 is 10.0 Å². The molecule has 0 aliphatic carbocycles. The zero-order chi connectivity index (χ0) is 26.8. The van der Waals surface area contributed by atoms with E-state index in [2.05, 4.69) is 20.2 Å². The van der Waals surface area contributed by atoms with Gasteiger partial charge in [0, 0.05) is 42.5 Å². The van der Waals surface area contributed by atoms with Gasteiger partial charge in [-0.15, -0.1) is 0 Å². The highest BCUT2D eigenvalue weighted by Crippen LogP contribution is 2.47. The molecule has 200 valence electrons. The molecule has 2 aromatic carbocycles. The smallest absolute Gasteiger partial charge is 0.250 e. The molecule has 0 spiro atoms. The second kappa shape index (κ2) is 8.96. The lowest BCUT2D eigenvalue weighted by atomic mass is 9.70. The Hall–Kier alpha value is -4.15. The summed E-state index contributed by atoms with van der Waals surface area (Å²) in [7, 11) is 0. The molecule has 1 fully saturated rings. The summed E-state index contributed by atoms with van der Waals surface area (Å²) >= 11 is 0. The van der Waals surface area contributed by atoms with Crippen molar-refractivity contribution in [2.45, 2.75) is 44.3 Å². The van der Waals surface area contributed by atoms with Gasteiger partial charge in [-0.05, 0) is 67.6 Å². The maximum atomic E-state index is 14.0. The number of anilines is 2. The van der Waals surface area contributed by atoms with E-state index < -0.39 is 5.92 Å². The van der Waals surface area contributed by atoms with Crippen LogP contribution in [0.2, 0.25) is 0 Å². The first kappa shape index (κ1) is 23.9. The fourth-order valence-electron chi connectivity index (χ4n) is 7.02. The zero-order valence-electron chi connectivity index (χ0n) is 21.4. The fourth-order valence-corrected chi connectivity index (χ4v) is 7.02. The Bertz CT molecular complexity index is 1610. The van der Waals surface area contributed by atoms with Gasteiger partial charge >= 0.3 is 0 Å². The number of amides is 1. The van der Waals surface area contributed by atoms with E-state index in [0.29, 0.717) is 25.3 Å². The minimum absolute atomic E-state index is 0.00510. The first-order chi connectivity index (χ1) is 18.9. The van der Waals surface area contributed by atoms with Crippen molar-refractivity contribution in [1.29, 1.82) is 0 Å². The fraction of sp³-hybridized carbons (Fsp3) is 0.345. The van der Waals surface area contributed by atoms with Crippen molar-refractivity contribution in [3.05, 3.63) is 93.3 Å². The molecule has 3 aliphatic rings. The average Bonchev–Trinajstić information content (AvgIpc) is 3.37. The van der Waals surface area contributed by atoms with Crippen molar-refractivity contribution in [2.75, 3.05) is 16.7 Å². The van der Waals surface area contributed by atoms with Crippen molar-refractivity contribution in [2.24, 2.45) is 11.8 Å². The zero-order valence-corrected chi connectivity index (χ0v) is 21.4. The Morgan fingerprint density at radius 3 is 2.85 bits per heavy atom. The van der Waals surface area contributed by atoms with Crippen LogP contribution in [0.3, 0.4) is 0 Å². The van der Waals surface area contributed by atoms with Gasteiger partial charge in [-0.3, -0.25) is 14.8 Å². The van der Waals surface area contributed by atoms with Crippen LogP contribution in [0.4, 0.5) is 11.4 Å². The molecule has 2 aromatic heterocycles. The SMILES string of the molecule is CC(NC(=O)C1Cc2cc(N([O-])O)ccc2N2CC3CC(Cn4c3cccc4=O)C12)c1nc2ccccc2[nH]1. The monoisotopic (exact) mass is 525 g/mol. The van der Waals surface area contributed by atoms with Crippen LogP contribution in [0.25, 0.3) is 11.0 Å². The van der Waals surface area contributed by atoms with Crippen LogP contribution in [0, 0.1) is 17.0 Å². The molecule has 0 saturated carbocycles. The summed E-state index contributed by atoms with van der Waals surface area (Å²) in [6.45, 7) is 3.14. The number of H-pyrrole nitrogens is 1. The predicted molar refractivity (Wildman–Crippen MR) is 147 cm³/mol. The Balaban J connectivity index is 1.25. The van der Waals surface area contributed by atoms with E-state index in [1.165, 1.54) is 0 Å². The van der Waals surface area contributed by atoms with Gasteiger partial charge in [-0.2, -0.15) is 0 Å². The Kier molecular flexibility index (Phi) is 5.50. The molecule has 7 rings (SSSR count). The number of fused-ring (bicyclic) bond motifs is 9. The van der Waals surface area contributed by atoms with Gasteiger partial charge in [0.05, 0.1) is 28.7 Å². The van der Waals surface area contributed by atoms with Crippen LogP contribution in [0.5, 0.6) is 0 Å². The quantitative estimate of drug-likeness (QED) is 0.348. The number of carbonyl (C=O) groups excluding carboxylic acids is 1. The van der Waals surface area contributed by atoms with Gasteiger partial charge in [0.25, 0.3) is 5.56 Å². The number of nitrogens with zero attached hydrogens (tertiary/aromatic N) is 4. The van der Waals surface area contributed by atoms with Gasteiger partial charge in [0.2, 0.25) is 5.91 Å². The molecule has 3 aliphatic heterocycles. The minimum Gasteiger partial charge on any atom is -0.733 e. The molecule has 5 heterocycles. The van der Waals surface area contributed by atoms with E-state index >= 15 is 0 Å². The van der Waals surface area contributed by atoms with E-state index in [0.717, 1.165) is 34.4 Å². The molecule has 1 amide bonds. The Morgan fingerprint density at radius 2 is 2.03 bits per heavy atom. The predicted octanol–water partition coefficient (Wildman–Crippen LogP) is 3.46. The summed E-state index contributed by atoms with van der Waals surface area (Å²) in [5.74, 6) is 0.442. The van der Waals surface area contributed by atoms with Crippen LogP contribution in [-0.4, -0.2) is 38.2 Å². The summed E-state index contributed by atoms with van der Waals surface area (Å²) in [6.07, 6.45) is 1.33.